The van der Waals surface area contributed by atoms with Crippen LogP contribution in [0.2, 0.25) is 0 Å². The van der Waals surface area contributed by atoms with Crippen molar-refractivity contribution in [1.82, 2.24) is 0 Å². The summed E-state index contributed by atoms with van der Waals surface area (Å²) in [6.07, 6.45) is 0.275. The third-order valence-corrected chi connectivity index (χ3v) is 2.80. The first-order valence-electron chi connectivity index (χ1n) is 5.60. The molecule has 0 aliphatic carbocycles. The Balaban J connectivity index is 3.28. The predicted molar refractivity (Wildman–Crippen MR) is 61.8 cm³/mol. The van der Waals surface area contributed by atoms with Crippen molar-refractivity contribution >= 4 is 21.7 Å². The van der Waals surface area contributed by atoms with Gasteiger partial charge in [0.25, 0.3) is 0 Å². The van der Waals surface area contributed by atoms with E-state index < -0.39 is 18.4 Å². The number of ketones is 1. The van der Waals surface area contributed by atoms with Gasteiger partial charge in [-0.05, 0) is 12.8 Å². The Hall–Kier alpha value is -0.0600. The predicted octanol–water partition coefficient (Wildman–Crippen LogP) is 4.63. The van der Waals surface area contributed by atoms with Crippen molar-refractivity contribution in [3.63, 3.8) is 0 Å². The molecule has 16 heavy (non-hydrogen) atoms. The van der Waals surface area contributed by atoms with Gasteiger partial charge in [-0.25, -0.2) is 0 Å². The molecular formula is C11H18BrF3O. The monoisotopic (exact) mass is 302 g/mol. The van der Waals surface area contributed by atoms with Gasteiger partial charge in [-0.3, -0.25) is 4.79 Å². The van der Waals surface area contributed by atoms with E-state index in [1.807, 2.05) is 0 Å². The van der Waals surface area contributed by atoms with Gasteiger partial charge in [-0.15, -0.1) is 0 Å². The largest absolute Gasteiger partial charge is 0.395 e. The SMILES string of the molecule is O=C(CCCCCCCCBr)CC(F)(F)F. The molecule has 0 atom stereocenters. The molecule has 0 radical (unpaired) electrons. The summed E-state index contributed by atoms with van der Waals surface area (Å²) < 4.78 is 35.4. The molecule has 0 aromatic carbocycles. The minimum atomic E-state index is -4.34. The van der Waals surface area contributed by atoms with Crippen LogP contribution < -0.4 is 0 Å². The van der Waals surface area contributed by atoms with E-state index >= 15 is 0 Å². The Kier molecular flexibility index (Phi) is 8.99. The van der Waals surface area contributed by atoms with Gasteiger partial charge in [0, 0.05) is 11.8 Å². The van der Waals surface area contributed by atoms with Crippen molar-refractivity contribution in [3.8, 4) is 0 Å². The molecule has 0 unspecified atom stereocenters. The van der Waals surface area contributed by atoms with Crippen LogP contribution in [0, 0.1) is 0 Å². The van der Waals surface area contributed by atoms with E-state index in [2.05, 4.69) is 15.9 Å². The number of hydrogen-bond donors (Lipinski definition) is 0. The summed E-state index contributed by atoms with van der Waals surface area (Å²) in [5.74, 6) is -0.687. The average molecular weight is 303 g/mol. The van der Waals surface area contributed by atoms with Gasteiger partial charge in [0.15, 0.2) is 0 Å². The van der Waals surface area contributed by atoms with Crippen molar-refractivity contribution in [3.05, 3.63) is 0 Å². The van der Waals surface area contributed by atoms with E-state index in [-0.39, 0.29) is 6.42 Å². The van der Waals surface area contributed by atoms with Gasteiger partial charge in [0.1, 0.15) is 12.2 Å². The van der Waals surface area contributed by atoms with E-state index in [0.717, 1.165) is 37.4 Å². The number of carbonyl (C=O) groups excluding carboxylic acids is 1. The van der Waals surface area contributed by atoms with Crippen LogP contribution in [0.25, 0.3) is 0 Å². The fraction of sp³-hybridized carbons (Fsp3) is 0.909. The number of carbonyl (C=O) groups is 1. The molecule has 0 saturated carbocycles. The zero-order valence-electron chi connectivity index (χ0n) is 9.28. The van der Waals surface area contributed by atoms with Crippen LogP contribution in [0.15, 0.2) is 0 Å². The minimum absolute atomic E-state index is 0.0674. The fourth-order valence-electron chi connectivity index (χ4n) is 1.44. The van der Waals surface area contributed by atoms with Crippen LogP contribution >= 0.6 is 15.9 Å². The van der Waals surface area contributed by atoms with Gasteiger partial charge >= 0.3 is 6.18 Å². The molecule has 1 nitrogen and oxygen atoms in total. The first kappa shape index (κ1) is 15.9. The molecule has 0 aliphatic heterocycles. The Morgan fingerprint density at radius 3 is 1.94 bits per heavy atom. The Labute approximate surface area is 103 Å². The maximum absolute atomic E-state index is 11.8. The number of unbranched alkanes of at least 4 members (excludes halogenated alkanes) is 5. The number of alkyl halides is 4. The summed E-state index contributed by atoms with van der Waals surface area (Å²) in [4.78, 5) is 10.9. The molecule has 0 N–H and O–H groups in total. The van der Waals surface area contributed by atoms with Crippen LogP contribution in [-0.4, -0.2) is 17.3 Å². The molecule has 0 bridgehead atoms. The molecule has 0 fully saturated rings. The first-order valence-corrected chi connectivity index (χ1v) is 6.72. The van der Waals surface area contributed by atoms with Gasteiger partial charge in [-0.2, -0.15) is 13.2 Å². The molecule has 0 aliphatic rings. The summed E-state index contributed by atoms with van der Waals surface area (Å²) in [5.41, 5.74) is 0. The lowest BCUT2D eigenvalue weighted by Crippen LogP contribution is -2.14. The molecule has 0 saturated heterocycles. The second-order valence-corrected chi connectivity index (χ2v) is 4.68. The van der Waals surface area contributed by atoms with Crippen molar-refractivity contribution in [2.24, 2.45) is 0 Å². The minimum Gasteiger partial charge on any atom is -0.299 e. The number of hydrogen-bond acceptors (Lipinski definition) is 1. The third kappa shape index (κ3) is 12.0. The molecule has 0 amide bonds. The number of rotatable bonds is 9. The van der Waals surface area contributed by atoms with Crippen LogP contribution in [0.1, 0.15) is 51.4 Å². The van der Waals surface area contributed by atoms with Gasteiger partial charge in [-0.1, -0.05) is 41.6 Å². The fourth-order valence-corrected chi connectivity index (χ4v) is 1.83. The van der Waals surface area contributed by atoms with Crippen molar-refractivity contribution in [2.75, 3.05) is 5.33 Å². The highest BCUT2D eigenvalue weighted by Crippen LogP contribution is 2.21. The van der Waals surface area contributed by atoms with E-state index in [9.17, 15) is 18.0 Å². The molecule has 0 spiro atoms. The summed E-state index contributed by atoms with van der Waals surface area (Å²) in [5, 5.41) is 0.997. The third-order valence-electron chi connectivity index (χ3n) is 2.24. The van der Waals surface area contributed by atoms with Gasteiger partial charge < -0.3 is 0 Å². The summed E-state index contributed by atoms with van der Waals surface area (Å²) in [6, 6.07) is 0. The molecule has 96 valence electrons. The topological polar surface area (TPSA) is 17.1 Å². The van der Waals surface area contributed by atoms with Crippen molar-refractivity contribution in [2.45, 2.75) is 57.5 Å². The zero-order valence-corrected chi connectivity index (χ0v) is 10.9. The number of Topliss-reactive ketones (excluding diaryl/α,β-unsaturated/α-hetero) is 1. The van der Waals surface area contributed by atoms with Crippen LogP contribution in [0.5, 0.6) is 0 Å². The summed E-state index contributed by atoms with van der Waals surface area (Å²) in [6.45, 7) is 0. The van der Waals surface area contributed by atoms with E-state index in [0.29, 0.717) is 6.42 Å². The Morgan fingerprint density at radius 2 is 1.44 bits per heavy atom. The lowest BCUT2D eigenvalue weighted by Gasteiger charge is -2.05. The van der Waals surface area contributed by atoms with Crippen molar-refractivity contribution < 1.29 is 18.0 Å². The highest BCUT2D eigenvalue weighted by atomic mass is 79.9. The molecule has 0 aromatic rings. The second kappa shape index (κ2) is 9.02. The lowest BCUT2D eigenvalue weighted by molar-refractivity contribution is -0.152. The molecular weight excluding hydrogens is 285 g/mol. The van der Waals surface area contributed by atoms with Gasteiger partial charge in [0.05, 0.1) is 0 Å². The maximum atomic E-state index is 11.8. The molecule has 0 rings (SSSR count). The molecule has 5 heteroatoms. The lowest BCUT2D eigenvalue weighted by atomic mass is 10.1. The molecule has 0 aromatic heterocycles. The van der Waals surface area contributed by atoms with Crippen LogP contribution in [-0.2, 0) is 4.79 Å². The Morgan fingerprint density at radius 1 is 0.938 bits per heavy atom. The zero-order chi connectivity index (χ0) is 12.4. The second-order valence-electron chi connectivity index (χ2n) is 3.89. The average Bonchev–Trinajstić information content (AvgIpc) is 2.13. The van der Waals surface area contributed by atoms with Crippen LogP contribution in [0.3, 0.4) is 0 Å². The standard InChI is InChI=1S/C11H18BrF3O/c12-8-6-4-2-1-3-5-7-10(16)9-11(13,14)15/h1-9H2. The summed E-state index contributed by atoms with van der Waals surface area (Å²) in [7, 11) is 0. The van der Waals surface area contributed by atoms with Crippen LogP contribution in [0.4, 0.5) is 13.2 Å². The normalized spacial score (nSPS) is 11.8. The quantitative estimate of drug-likeness (QED) is 0.448. The Bertz CT molecular complexity index is 192. The highest BCUT2D eigenvalue weighted by molar-refractivity contribution is 9.09. The summed E-state index contributed by atoms with van der Waals surface area (Å²) >= 11 is 3.33. The van der Waals surface area contributed by atoms with Gasteiger partial charge in [0.2, 0.25) is 0 Å². The smallest absolute Gasteiger partial charge is 0.299 e. The van der Waals surface area contributed by atoms with Crippen molar-refractivity contribution in [1.29, 1.82) is 0 Å². The highest BCUT2D eigenvalue weighted by Gasteiger charge is 2.30. The maximum Gasteiger partial charge on any atom is 0.395 e. The van der Waals surface area contributed by atoms with E-state index in [1.165, 1.54) is 0 Å². The van der Waals surface area contributed by atoms with E-state index in [4.69, 9.17) is 0 Å². The first-order chi connectivity index (χ1) is 7.45. The molecule has 0 heterocycles. The van der Waals surface area contributed by atoms with E-state index in [1.54, 1.807) is 0 Å². The number of halogens is 4.